The van der Waals surface area contributed by atoms with Gasteiger partial charge in [-0.3, -0.25) is 18.6 Å². The summed E-state index contributed by atoms with van der Waals surface area (Å²) >= 11 is 0. The van der Waals surface area contributed by atoms with Gasteiger partial charge in [0.25, 0.3) is 0 Å². The number of phosphoric ester groups is 1. The van der Waals surface area contributed by atoms with Crippen LogP contribution in [0.25, 0.3) is 0 Å². The van der Waals surface area contributed by atoms with Gasteiger partial charge < -0.3 is 20.1 Å². The SMILES string of the molecule is CC/C=C\C/C=C\C/C=C\C/C=C\C/C=C\C/C=C\C/C=C\C/C=C\C/C=C\C/C=C\CCCCC(=O)OC(COC(=O)CCCCCCCC/C=C\C/C=C\C/C=C\CCCCCCC)COP(=O)(O)OCCN. The van der Waals surface area contributed by atoms with E-state index in [9.17, 15) is 19.0 Å². The Labute approximate surface area is 458 Å². The van der Waals surface area contributed by atoms with E-state index in [1.165, 1.54) is 38.5 Å². The third kappa shape index (κ3) is 58.7. The largest absolute Gasteiger partial charge is 0.472 e. The van der Waals surface area contributed by atoms with E-state index >= 15 is 0 Å². The van der Waals surface area contributed by atoms with E-state index in [2.05, 4.69) is 172 Å². The fourth-order valence-corrected chi connectivity index (χ4v) is 7.90. The molecule has 0 aromatic carbocycles. The fourth-order valence-electron chi connectivity index (χ4n) is 7.14. The van der Waals surface area contributed by atoms with E-state index in [1.54, 1.807) is 0 Å². The van der Waals surface area contributed by atoms with Gasteiger partial charge in [-0.15, -0.1) is 0 Å². The molecule has 0 aliphatic heterocycles. The van der Waals surface area contributed by atoms with Crippen LogP contribution in [0.1, 0.15) is 206 Å². The second kappa shape index (κ2) is 58.9. The quantitative estimate of drug-likeness (QED) is 0.0264. The zero-order valence-corrected chi connectivity index (χ0v) is 47.9. The number of carbonyl (C=O) groups is 2. The molecule has 0 aromatic rings. The van der Waals surface area contributed by atoms with Crippen LogP contribution < -0.4 is 5.73 Å². The first-order valence-corrected chi connectivity index (χ1v) is 30.5. The van der Waals surface area contributed by atoms with Crippen molar-refractivity contribution in [2.24, 2.45) is 5.73 Å². The molecule has 0 amide bonds. The number of allylic oxidation sites excluding steroid dienone is 26. The van der Waals surface area contributed by atoms with Crippen LogP contribution in [0, 0.1) is 0 Å². The van der Waals surface area contributed by atoms with E-state index in [0.717, 1.165) is 128 Å². The average Bonchev–Trinajstić information content (AvgIpc) is 3.40. The number of ether oxygens (including phenoxy) is 2. The van der Waals surface area contributed by atoms with Gasteiger partial charge in [-0.25, -0.2) is 4.57 Å². The lowest BCUT2D eigenvalue weighted by Gasteiger charge is -2.19. The third-order valence-electron chi connectivity index (χ3n) is 11.4. The Balaban J connectivity index is 4.17. The third-order valence-corrected chi connectivity index (χ3v) is 12.4. The smallest absolute Gasteiger partial charge is 0.462 e. The number of esters is 2. The van der Waals surface area contributed by atoms with Crippen LogP contribution in [0.4, 0.5) is 0 Å². The van der Waals surface area contributed by atoms with Crippen LogP contribution in [0.5, 0.6) is 0 Å². The predicted molar refractivity (Wildman–Crippen MR) is 320 cm³/mol. The highest BCUT2D eigenvalue weighted by Crippen LogP contribution is 2.43. The molecular weight excluding hydrogens is 954 g/mol. The minimum absolute atomic E-state index is 0.0348. The van der Waals surface area contributed by atoms with Gasteiger partial charge in [0.1, 0.15) is 6.61 Å². The Hall–Kier alpha value is -4.37. The van der Waals surface area contributed by atoms with Gasteiger partial charge in [0.2, 0.25) is 0 Å². The zero-order valence-electron chi connectivity index (χ0n) is 47.0. The Kier molecular flexibility index (Phi) is 55.5. The number of hydrogen-bond donors (Lipinski definition) is 2. The molecule has 75 heavy (non-hydrogen) atoms. The molecule has 422 valence electrons. The maximum Gasteiger partial charge on any atom is 0.472 e. The van der Waals surface area contributed by atoms with Crippen molar-refractivity contribution in [1.29, 1.82) is 0 Å². The number of rotatable bonds is 52. The van der Waals surface area contributed by atoms with Crippen LogP contribution in [0.15, 0.2) is 158 Å². The normalized spacial score (nSPS) is 14.2. The van der Waals surface area contributed by atoms with E-state index in [4.69, 9.17) is 24.3 Å². The summed E-state index contributed by atoms with van der Waals surface area (Å²) < 4.78 is 32.9. The van der Waals surface area contributed by atoms with Crippen molar-refractivity contribution in [3.63, 3.8) is 0 Å². The molecule has 2 unspecified atom stereocenters. The van der Waals surface area contributed by atoms with Crippen LogP contribution in [-0.4, -0.2) is 49.3 Å². The number of unbranched alkanes of at least 4 members (excludes halogenated alkanes) is 13. The first-order chi connectivity index (χ1) is 36.8. The van der Waals surface area contributed by atoms with Gasteiger partial charge in [0.05, 0.1) is 13.2 Å². The Morgan fingerprint density at radius 3 is 1.12 bits per heavy atom. The molecular formula is C65H104NO8P. The van der Waals surface area contributed by atoms with Crippen molar-refractivity contribution in [3.8, 4) is 0 Å². The first kappa shape index (κ1) is 70.6. The second-order valence-corrected chi connectivity index (χ2v) is 19.9. The van der Waals surface area contributed by atoms with Gasteiger partial charge >= 0.3 is 19.8 Å². The van der Waals surface area contributed by atoms with Crippen LogP contribution in [0.2, 0.25) is 0 Å². The second-order valence-electron chi connectivity index (χ2n) is 18.4. The number of hydrogen-bond acceptors (Lipinski definition) is 8. The number of nitrogens with two attached hydrogens (primary N) is 1. The Morgan fingerprint density at radius 2 is 0.733 bits per heavy atom. The summed E-state index contributed by atoms with van der Waals surface area (Å²) in [4.78, 5) is 35.2. The molecule has 0 aromatic heterocycles. The minimum Gasteiger partial charge on any atom is -0.462 e. The van der Waals surface area contributed by atoms with Gasteiger partial charge in [-0.1, -0.05) is 223 Å². The van der Waals surface area contributed by atoms with E-state index in [0.29, 0.717) is 12.8 Å². The Morgan fingerprint density at radius 1 is 0.413 bits per heavy atom. The van der Waals surface area contributed by atoms with Gasteiger partial charge in [0.15, 0.2) is 6.10 Å². The molecule has 0 saturated heterocycles. The summed E-state index contributed by atoms with van der Waals surface area (Å²) in [6.45, 7) is 3.53. The highest BCUT2D eigenvalue weighted by molar-refractivity contribution is 7.47. The van der Waals surface area contributed by atoms with Gasteiger partial charge in [0, 0.05) is 19.4 Å². The van der Waals surface area contributed by atoms with Crippen LogP contribution in [-0.2, 0) is 32.7 Å². The first-order valence-electron chi connectivity index (χ1n) is 29.0. The molecule has 0 spiro atoms. The molecule has 0 aliphatic rings. The molecule has 0 aliphatic carbocycles. The summed E-state index contributed by atoms with van der Waals surface area (Å²) in [5, 5.41) is 0. The fraction of sp³-hybridized carbons (Fsp3) is 0.569. The lowest BCUT2D eigenvalue weighted by atomic mass is 10.1. The zero-order chi connectivity index (χ0) is 54.5. The molecule has 0 saturated carbocycles. The molecule has 2 atom stereocenters. The van der Waals surface area contributed by atoms with Crippen molar-refractivity contribution >= 4 is 19.8 Å². The highest BCUT2D eigenvalue weighted by atomic mass is 31.2. The molecule has 0 heterocycles. The predicted octanol–water partition coefficient (Wildman–Crippen LogP) is 18.5. The average molecular weight is 1060 g/mol. The van der Waals surface area contributed by atoms with Crippen molar-refractivity contribution in [2.45, 2.75) is 213 Å². The van der Waals surface area contributed by atoms with E-state index in [-0.39, 0.29) is 32.6 Å². The summed E-state index contributed by atoms with van der Waals surface area (Å²) in [6, 6.07) is 0. The molecule has 3 N–H and O–H groups in total. The molecule has 0 radical (unpaired) electrons. The molecule has 0 fully saturated rings. The molecule has 0 rings (SSSR count). The Bertz CT molecular complexity index is 1780. The number of phosphoric acid groups is 1. The van der Waals surface area contributed by atoms with Crippen LogP contribution in [0.3, 0.4) is 0 Å². The topological polar surface area (TPSA) is 134 Å². The molecule has 10 heteroatoms. The van der Waals surface area contributed by atoms with Crippen LogP contribution >= 0.6 is 7.82 Å². The van der Waals surface area contributed by atoms with Crippen molar-refractivity contribution in [3.05, 3.63) is 158 Å². The summed E-state index contributed by atoms with van der Waals surface area (Å²) in [5.74, 6) is -0.907. The summed E-state index contributed by atoms with van der Waals surface area (Å²) in [5.41, 5.74) is 5.37. The summed E-state index contributed by atoms with van der Waals surface area (Å²) in [7, 11) is -4.42. The van der Waals surface area contributed by atoms with Crippen molar-refractivity contribution < 1.29 is 37.6 Å². The molecule has 0 bridgehead atoms. The lowest BCUT2D eigenvalue weighted by molar-refractivity contribution is -0.161. The van der Waals surface area contributed by atoms with E-state index < -0.39 is 32.5 Å². The maximum absolute atomic E-state index is 12.7. The monoisotopic (exact) mass is 1060 g/mol. The van der Waals surface area contributed by atoms with Crippen molar-refractivity contribution in [1.82, 2.24) is 0 Å². The highest BCUT2D eigenvalue weighted by Gasteiger charge is 2.26. The van der Waals surface area contributed by atoms with Gasteiger partial charge in [-0.2, -0.15) is 0 Å². The standard InChI is InChI=1S/C65H104NO8P/c1-3-5-7-9-11-13-15-17-19-21-23-25-26-27-28-29-30-31-32-33-34-35-36-38-40-42-44-46-48-50-52-54-56-58-65(68)74-63(62-73-75(69,70)72-60-59-66)61-71-64(67)57-55-53-51-49-47-45-43-41-39-37-24-22-20-18-16-14-12-10-8-6-4-2/h5,7,11,13,16-19,22-25,27-28,30-31,33-34,36,38-39,41-42,44,48,50,63H,3-4,6,8-10,12,14-15,20-21,26,29,32,35,37,40,43,45-47,49,51-62,66H2,1-2H3,(H,69,70)/b7-5-,13-11-,18-16-,19-17-,24-22-,25-23-,28-27-,31-30-,34-33-,38-36-,41-39-,44-42-,50-48-. The minimum atomic E-state index is -4.42. The maximum atomic E-state index is 12.7. The van der Waals surface area contributed by atoms with E-state index in [1.807, 2.05) is 0 Å². The summed E-state index contributed by atoms with van der Waals surface area (Å²) in [6.07, 6.45) is 85.8. The number of carbonyl (C=O) groups excluding carboxylic acids is 2. The lowest BCUT2D eigenvalue weighted by Crippen LogP contribution is -2.29. The van der Waals surface area contributed by atoms with Crippen molar-refractivity contribution in [2.75, 3.05) is 26.4 Å². The molecule has 9 nitrogen and oxygen atoms in total. The van der Waals surface area contributed by atoms with Gasteiger partial charge in [-0.05, 0) is 128 Å².